The van der Waals surface area contributed by atoms with Gasteiger partial charge in [-0.25, -0.2) is 4.79 Å². The van der Waals surface area contributed by atoms with Gasteiger partial charge in [0.25, 0.3) is 5.91 Å². The minimum Gasteiger partial charge on any atom is -0.452 e. The minimum absolute atomic E-state index is 0.357. The van der Waals surface area contributed by atoms with Crippen LogP contribution in [-0.4, -0.2) is 18.5 Å². The number of amides is 1. The molecule has 0 aliphatic rings. The molecule has 0 fully saturated rings. The second-order valence-corrected chi connectivity index (χ2v) is 5.49. The van der Waals surface area contributed by atoms with Crippen LogP contribution in [0.4, 0.5) is 5.69 Å². The highest BCUT2D eigenvalue weighted by Crippen LogP contribution is 2.19. The van der Waals surface area contributed by atoms with Crippen molar-refractivity contribution >= 4 is 23.6 Å². The Balaban J connectivity index is 1.85. The monoisotopic (exact) mass is 334 g/mol. The fourth-order valence-corrected chi connectivity index (χ4v) is 2.20. The summed E-state index contributed by atoms with van der Waals surface area (Å²) < 4.78 is 4.93. The fourth-order valence-electron chi connectivity index (χ4n) is 2.20. The van der Waals surface area contributed by atoms with Gasteiger partial charge in [-0.2, -0.15) is 5.26 Å². The van der Waals surface area contributed by atoms with Gasteiger partial charge >= 0.3 is 5.97 Å². The summed E-state index contributed by atoms with van der Waals surface area (Å²) in [6, 6.07) is 14.5. The summed E-state index contributed by atoms with van der Waals surface area (Å²) in [6.07, 6.45) is 2.81. The Kier molecular flexibility index (Phi) is 6.08. The zero-order valence-electron chi connectivity index (χ0n) is 14.1. The molecule has 1 N–H and O–H groups in total. The quantitative estimate of drug-likeness (QED) is 0.671. The number of nitriles is 1. The van der Waals surface area contributed by atoms with Gasteiger partial charge in [0.2, 0.25) is 0 Å². The fraction of sp³-hybridized carbons (Fsp3) is 0.150. The lowest BCUT2D eigenvalue weighted by molar-refractivity contribution is -0.142. The van der Waals surface area contributed by atoms with Crippen molar-refractivity contribution in [2.24, 2.45) is 0 Å². The standard InChI is InChI=1S/C20H18N2O3/c1-14-4-3-5-15(2)20(14)22-18(23)13-25-19(24)11-10-16-6-8-17(12-21)9-7-16/h3-11H,13H2,1-2H3,(H,22,23)/b11-10+. The lowest BCUT2D eigenvalue weighted by Crippen LogP contribution is -2.21. The van der Waals surface area contributed by atoms with E-state index in [4.69, 9.17) is 10.00 Å². The van der Waals surface area contributed by atoms with E-state index in [0.29, 0.717) is 5.56 Å². The molecule has 2 rings (SSSR count). The number of para-hydroxylation sites is 1. The molecule has 0 unspecified atom stereocenters. The minimum atomic E-state index is -0.610. The van der Waals surface area contributed by atoms with Crippen LogP contribution < -0.4 is 5.32 Å². The van der Waals surface area contributed by atoms with Crippen LogP contribution in [0.5, 0.6) is 0 Å². The van der Waals surface area contributed by atoms with E-state index in [0.717, 1.165) is 22.4 Å². The maximum atomic E-state index is 11.9. The Hall–Kier alpha value is -3.39. The molecule has 0 spiro atoms. The number of nitrogens with zero attached hydrogens (tertiary/aromatic N) is 1. The lowest BCUT2D eigenvalue weighted by atomic mass is 10.1. The van der Waals surface area contributed by atoms with Crippen molar-refractivity contribution in [3.8, 4) is 6.07 Å². The van der Waals surface area contributed by atoms with Crippen LogP contribution in [0.25, 0.3) is 6.08 Å². The molecule has 2 aromatic carbocycles. The second-order valence-electron chi connectivity index (χ2n) is 5.49. The first-order chi connectivity index (χ1) is 12.0. The molecular weight excluding hydrogens is 316 g/mol. The van der Waals surface area contributed by atoms with E-state index in [9.17, 15) is 9.59 Å². The number of esters is 1. The predicted molar refractivity (Wildman–Crippen MR) is 95.7 cm³/mol. The Labute approximate surface area is 146 Å². The molecule has 25 heavy (non-hydrogen) atoms. The Morgan fingerprint density at radius 3 is 2.36 bits per heavy atom. The number of hydrogen-bond donors (Lipinski definition) is 1. The number of carbonyl (C=O) groups excluding carboxylic acids is 2. The summed E-state index contributed by atoms with van der Waals surface area (Å²) in [7, 11) is 0. The summed E-state index contributed by atoms with van der Waals surface area (Å²) in [6.45, 7) is 3.44. The van der Waals surface area contributed by atoms with Crippen LogP contribution in [0.15, 0.2) is 48.5 Å². The van der Waals surface area contributed by atoms with Crippen molar-refractivity contribution in [3.05, 3.63) is 70.8 Å². The normalized spacial score (nSPS) is 10.3. The molecule has 0 atom stereocenters. The molecule has 0 saturated heterocycles. The highest BCUT2D eigenvalue weighted by Gasteiger charge is 2.09. The van der Waals surface area contributed by atoms with E-state index >= 15 is 0 Å². The maximum absolute atomic E-state index is 11.9. The molecular formula is C20H18N2O3. The molecule has 5 heteroatoms. The summed E-state index contributed by atoms with van der Waals surface area (Å²) in [5.41, 5.74) is 3.93. The molecule has 0 heterocycles. The number of ether oxygens (including phenoxy) is 1. The van der Waals surface area contributed by atoms with Gasteiger partial charge in [-0.3, -0.25) is 4.79 Å². The van der Waals surface area contributed by atoms with Crippen LogP contribution in [0, 0.1) is 25.2 Å². The third-order valence-electron chi connectivity index (χ3n) is 3.54. The molecule has 5 nitrogen and oxygen atoms in total. The first-order valence-corrected chi connectivity index (χ1v) is 7.70. The number of rotatable bonds is 5. The van der Waals surface area contributed by atoms with Crippen molar-refractivity contribution < 1.29 is 14.3 Å². The highest BCUT2D eigenvalue weighted by molar-refractivity contribution is 5.95. The van der Waals surface area contributed by atoms with Gasteiger partial charge in [-0.1, -0.05) is 30.3 Å². The molecule has 0 aromatic heterocycles. The van der Waals surface area contributed by atoms with Gasteiger partial charge < -0.3 is 10.1 Å². The van der Waals surface area contributed by atoms with E-state index in [-0.39, 0.29) is 6.61 Å². The highest BCUT2D eigenvalue weighted by atomic mass is 16.5. The number of anilines is 1. The van der Waals surface area contributed by atoms with Crippen molar-refractivity contribution in [2.45, 2.75) is 13.8 Å². The molecule has 0 bridgehead atoms. The number of hydrogen-bond acceptors (Lipinski definition) is 4. The number of benzene rings is 2. The molecule has 0 saturated carbocycles. The van der Waals surface area contributed by atoms with Crippen LogP contribution >= 0.6 is 0 Å². The summed E-state index contributed by atoms with van der Waals surface area (Å²) in [5.74, 6) is -1.00. The van der Waals surface area contributed by atoms with Crippen molar-refractivity contribution in [3.63, 3.8) is 0 Å². The Bertz CT molecular complexity index is 826. The summed E-state index contributed by atoms with van der Waals surface area (Å²) >= 11 is 0. The lowest BCUT2D eigenvalue weighted by Gasteiger charge is -2.11. The van der Waals surface area contributed by atoms with Gasteiger partial charge in [0, 0.05) is 11.8 Å². The average Bonchev–Trinajstić information content (AvgIpc) is 2.62. The number of carbonyl (C=O) groups is 2. The number of nitrogens with one attached hydrogen (secondary N) is 1. The molecule has 0 aliphatic heterocycles. The molecule has 126 valence electrons. The SMILES string of the molecule is Cc1cccc(C)c1NC(=O)COC(=O)/C=C/c1ccc(C#N)cc1. The van der Waals surface area contributed by atoms with E-state index in [1.165, 1.54) is 6.08 Å². The van der Waals surface area contributed by atoms with Crippen molar-refractivity contribution in [1.82, 2.24) is 0 Å². The van der Waals surface area contributed by atoms with Gasteiger partial charge in [-0.05, 0) is 48.7 Å². The largest absolute Gasteiger partial charge is 0.452 e. The van der Waals surface area contributed by atoms with Gasteiger partial charge in [-0.15, -0.1) is 0 Å². The predicted octanol–water partition coefficient (Wildman–Crippen LogP) is 3.37. The third kappa shape index (κ3) is 5.33. The third-order valence-corrected chi connectivity index (χ3v) is 3.54. The maximum Gasteiger partial charge on any atom is 0.331 e. The zero-order chi connectivity index (χ0) is 18.2. The van der Waals surface area contributed by atoms with Gasteiger partial charge in [0.05, 0.1) is 11.6 Å². The van der Waals surface area contributed by atoms with Crippen molar-refractivity contribution in [1.29, 1.82) is 5.26 Å². The average molecular weight is 334 g/mol. The Morgan fingerprint density at radius 1 is 1.12 bits per heavy atom. The smallest absolute Gasteiger partial charge is 0.331 e. The summed E-state index contributed by atoms with van der Waals surface area (Å²) in [4.78, 5) is 23.6. The van der Waals surface area contributed by atoms with Crippen molar-refractivity contribution in [2.75, 3.05) is 11.9 Å². The van der Waals surface area contributed by atoms with Gasteiger partial charge in [0.1, 0.15) is 0 Å². The van der Waals surface area contributed by atoms with E-state index < -0.39 is 11.9 Å². The van der Waals surface area contributed by atoms with Crippen LogP contribution in [0.1, 0.15) is 22.3 Å². The number of aryl methyl sites for hydroxylation is 2. The van der Waals surface area contributed by atoms with E-state index in [2.05, 4.69) is 5.32 Å². The molecule has 1 amide bonds. The molecule has 0 radical (unpaired) electrons. The van der Waals surface area contributed by atoms with E-state index in [1.54, 1.807) is 30.3 Å². The Morgan fingerprint density at radius 2 is 1.76 bits per heavy atom. The van der Waals surface area contributed by atoms with Crippen LogP contribution in [-0.2, 0) is 14.3 Å². The zero-order valence-corrected chi connectivity index (χ0v) is 14.1. The molecule has 0 aliphatic carbocycles. The van der Waals surface area contributed by atoms with Crippen LogP contribution in [0.3, 0.4) is 0 Å². The first kappa shape index (κ1) is 18.0. The summed E-state index contributed by atoms with van der Waals surface area (Å²) in [5, 5.41) is 11.5. The van der Waals surface area contributed by atoms with Gasteiger partial charge in [0.15, 0.2) is 6.61 Å². The second kappa shape index (κ2) is 8.46. The first-order valence-electron chi connectivity index (χ1n) is 7.70. The van der Waals surface area contributed by atoms with Crippen LogP contribution in [0.2, 0.25) is 0 Å². The van der Waals surface area contributed by atoms with E-state index in [1.807, 2.05) is 38.1 Å². The topological polar surface area (TPSA) is 79.2 Å². The molecule has 2 aromatic rings.